The zero-order valence-electron chi connectivity index (χ0n) is 24.9. The van der Waals surface area contributed by atoms with Gasteiger partial charge in [-0.15, -0.1) is 6.58 Å². The Hall–Kier alpha value is -3.45. The number of hydrogen-bond acceptors (Lipinski definition) is 0. The van der Waals surface area contributed by atoms with Crippen LogP contribution >= 0.6 is 0 Å². The van der Waals surface area contributed by atoms with Crippen LogP contribution in [0.2, 0.25) is 0 Å². The van der Waals surface area contributed by atoms with E-state index in [-0.39, 0.29) is 5.82 Å². The molecule has 0 heterocycles. The van der Waals surface area contributed by atoms with Crippen molar-refractivity contribution in [2.45, 2.75) is 74.7 Å². The highest BCUT2D eigenvalue weighted by Crippen LogP contribution is 2.25. The van der Waals surface area contributed by atoms with Crippen molar-refractivity contribution in [2.75, 3.05) is 0 Å². The van der Waals surface area contributed by atoms with Crippen LogP contribution in [0.25, 0.3) is 0 Å². The van der Waals surface area contributed by atoms with Crippen molar-refractivity contribution in [2.24, 2.45) is 0 Å². The van der Waals surface area contributed by atoms with Crippen molar-refractivity contribution in [3.63, 3.8) is 0 Å². The first kappa shape index (κ1) is 32.6. The maximum Gasteiger partial charge on any atom is 0.123 e. The molecule has 38 heavy (non-hydrogen) atoms. The van der Waals surface area contributed by atoms with Gasteiger partial charge in [-0.2, -0.15) is 0 Å². The SMILES string of the molecule is C=C(C)C(/C=C\C)=C/C.C=CC.CCc1c(Cc2cccc(C)c2)cc(F)cc1Cc1ccc(C)cc1C. The molecular formula is C37H47F. The van der Waals surface area contributed by atoms with E-state index in [1.54, 1.807) is 18.2 Å². The van der Waals surface area contributed by atoms with Gasteiger partial charge in [-0.25, -0.2) is 4.39 Å². The van der Waals surface area contributed by atoms with Gasteiger partial charge in [0.2, 0.25) is 0 Å². The molecule has 0 saturated heterocycles. The summed E-state index contributed by atoms with van der Waals surface area (Å²) in [7, 11) is 0. The molecule has 0 nitrogen and oxygen atoms in total. The van der Waals surface area contributed by atoms with Crippen LogP contribution in [0.5, 0.6) is 0 Å². The summed E-state index contributed by atoms with van der Waals surface area (Å²) < 4.78 is 14.4. The quantitative estimate of drug-likeness (QED) is 0.219. The van der Waals surface area contributed by atoms with Gasteiger partial charge in [-0.1, -0.05) is 97.0 Å². The first-order valence-electron chi connectivity index (χ1n) is 13.5. The highest BCUT2D eigenvalue weighted by atomic mass is 19.1. The zero-order chi connectivity index (χ0) is 28.7. The fourth-order valence-electron chi connectivity index (χ4n) is 4.48. The summed E-state index contributed by atoms with van der Waals surface area (Å²) in [6.45, 7) is 23.6. The van der Waals surface area contributed by atoms with Crippen LogP contribution in [0.1, 0.15) is 79.1 Å². The van der Waals surface area contributed by atoms with Crippen LogP contribution in [-0.4, -0.2) is 0 Å². The molecule has 3 rings (SSSR count). The lowest BCUT2D eigenvalue weighted by molar-refractivity contribution is 0.622. The maximum absolute atomic E-state index is 14.4. The second kappa shape index (κ2) is 17.1. The molecule has 0 unspecified atom stereocenters. The van der Waals surface area contributed by atoms with Crippen molar-refractivity contribution in [1.29, 1.82) is 0 Å². The Labute approximate surface area is 232 Å². The summed E-state index contributed by atoms with van der Waals surface area (Å²) in [5, 5.41) is 0. The van der Waals surface area contributed by atoms with Crippen LogP contribution in [0.4, 0.5) is 4.39 Å². The summed E-state index contributed by atoms with van der Waals surface area (Å²) in [5.74, 6) is -0.135. The largest absolute Gasteiger partial charge is 0.207 e. The van der Waals surface area contributed by atoms with Crippen molar-refractivity contribution >= 4 is 0 Å². The molecule has 0 saturated carbocycles. The molecule has 0 fully saturated rings. The van der Waals surface area contributed by atoms with Crippen molar-refractivity contribution in [3.8, 4) is 0 Å². The third kappa shape index (κ3) is 10.9. The second-order valence-corrected chi connectivity index (χ2v) is 9.76. The molecule has 0 amide bonds. The smallest absolute Gasteiger partial charge is 0.123 e. The molecule has 0 atom stereocenters. The van der Waals surface area contributed by atoms with Gasteiger partial charge in [0.05, 0.1) is 0 Å². The Morgan fingerprint density at radius 2 is 1.45 bits per heavy atom. The average molecular weight is 511 g/mol. The lowest BCUT2D eigenvalue weighted by atomic mass is 9.89. The number of benzene rings is 3. The molecular weight excluding hydrogens is 463 g/mol. The van der Waals surface area contributed by atoms with Crippen molar-refractivity contribution < 1.29 is 4.39 Å². The first-order chi connectivity index (χ1) is 18.1. The molecule has 3 aromatic carbocycles. The fraction of sp³-hybridized carbons (Fsp3) is 0.297. The van der Waals surface area contributed by atoms with Gasteiger partial charge in [0, 0.05) is 0 Å². The van der Waals surface area contributed by atoms with Crippen molar-refractivity contribution in [3.05, 3.63) is 154 Å². The maximum atomic E-state index is 14.4. The second-order valence-electron chi connectivity index (χ2n) is 9.76. The van der Waals surface area contributed by atoms with Crippen molar-refractivity contribution in [1.82, 2.24) is 0 Å². The first-order valence-corrected chi connectivity index (χ1v) is 13.5. The fourth-order valence-corrected chi connectivity index (χ4v) is 4.48. The summed E-state index contributed by atoms with van der Waals surface area (Å²) in [5.41, 5.74) is 12.1. The Kier molecular flexibility index (Phi) is 14.7. The molecule has 1 heteroatoms. The molecule has 3 aromatic rings. The third-order valence-electron chi connectivity index (χ3n) is 6.26. The van der Waals surface area contributed by atoms with E-state index in [0.717, 1.165) is 36.0 Å². The summed E-state index contributed by atoms with van der Waals surface area (Å²) >= 11 is 0. The predicted molar refractivity (Wildman–Crippen MR) is 168 cm³/mol. The number of aryl methyl sites for hydroxylation is 3. The summed E-state index contributed by atoms with van der Waals surface area (Å²) in [4.78, 5) is 0. The highest BCUT2D eigenvalue weighted by Gasteiger charge is 2.12. The summed E-state index contributed by atoms with van der Waals surface area (Å²) in [6.07, 6.45) is 10.4. The lowest BCUT2D eigenvalue weighted by Gasteiger charge is -2.16. The Morgan fingerprint density at radius 3 is 1.92 bits per heavy atom. The average Bonchev–Trinajstić information content (AvgIpc) is 2.85. The predicted octanol–water partition coefficient (Wildman–Crippen LogP) is 10.8. The van der Waals surface area contributed by atoms with Gasteiger partial charge in [-0.05, 0) is 119 Å². The van der Waals surface area contributed by atoms with Gasteiger partial charge in [0.25, 0.3) is 0 Å². The van der Waals surface area contributed by atoms with Gasteiger partial charge in [0.1, 0.15) is 5.82 Å². The van der Waals surface area contributed by atoms with E-state index in [2.05, 4.69) is 95.5 Å². The Bertz CT molecular complexity index is 1250. The molecule has 0 aliphatic heterocycles. The van der Waals surface area contributed by atoms with E-state index in [0.29, 0.717) is 0 Å². The van der Waals surface area contributed by atoms with E-state index in [1.807, 2.05) is 33.8 Å². The Balaban J connectivity index is 0.000000507. The van der Waals surface area contributed by atoms with Crippen LogP contribution < -0.4 is 0 Å². The number of allylic oxidation sites excluding steroid dienone is 6. The van der Waals surface area contributed by atoms with E-state index in [9.17, 15) is 4.39 Å². The van der Waals surface area contributed by atoms with Gasteiger partial charge in [0.15, 0.2) is 0 Å². The zero-order valence-corrected chi connectivity index (χ0v) is 24.9. The number of halogens is 1. The monoisotopic (exact) mass is 510 g/mol. The Morgan fingerprint density at radius 1 is 0.842 bits per heavy atom. The molecule has 0 bridgehead atoms. The summed E-state index contributed by atoms with van der Waals surface area (Å²) in [6, 6.07) is 18.4. The minimum Gasteiger partial charge on any atom is -0.207 e. The molecule has 0 N–H and O–H groups in total. The molecule has 202 valence electrons. The minimum atomic E-state index is -0.135. The minimum absolute atomic E-state index is 0.135. The lowest BCUT2D eigenvalue weighted by Crippen LogP contribution is -2.04. The molecule has 0 spiro atoms. The molecule has 0 radical (unpaired) electrons. The number of rotatable bonds is 7. The van der Waals surface area contributed by atoms with Gasteiger partial charge in [-0.3, -0.25) is 0 Å². The third-order valence-corrected chi connectivity index (χ3v) is 6.26. The van der Waals surface area contributed by atoms with Crippen LogP contribution in [0, 0.1) is 26.6 Å². The van der Waals surface area contributed by atoms with E-state index in [4.69, 9.17) is 0 Å². The van der Waals surface area contributed by atoms with E-state index in [1.165, 1.54) is 39.0 Å². The molecule has 0 aliphatic carbocycles. The normalized spacial score (nSPS) is 10.8. The van der Waals surface area contributed by atoms with Crippen LogP contribution in [-0.2, 0) is 19.3 Å². The topological polar surface area (TPSA) is 0 Å². The van der Waals surface area contributed by atoms with Gasteiger partial charge < -0.3 is 0 Å². The van der Waals surface area contributed by atoms with E-state index < -0.39 is 0 Å². The van der Waals surface area contributed by atoms with Gasteiger partial charge >= 0.3 is 0 Å². The van der Waals surface area contributed by atoms with Crippen LogP contribution in [0.3, 0.4) is 0 Å². The van der Waals surface area contributed by atoms with Crippen LogP contribution in [0.15, 0.2) is 103 Å². The number of hydrogen-bond donors (Lipinski definition) is 0. The molecule has 0 aliphatic rings. The van der Waals surface area contributed by atoms with E-state index >= 15 is 0 Å². The molecule has 0 aromatic heterocycles. The standard InChI is InChI=1S/C25H27F.C9H14.C3H6/c1-5-25-22(13-20-8-6-7-17(2)12-20)15-24(26)16-23(25)14-21-10-9-18(3)11-19(21)4;1-5-7-9(6-2)8(3)4;1-3-2/h6-12,15-16H,5,13-14H2,1-4H3;5-7H,3H2,1-2,4H3;3H,1H2,2H3/b;7-5-,9-6+;. The highest BCUT2D eigenvalue weighted by molar-refractivity contribution is 5.44.